The van der Waals surface area contributed by atoms with E-state index in [-0.39, 0.29) is 5.91 Å². The molecule has 0 saturated heterocycles. The normalized spacial score (nSPS) is 11.1. The monoisotopic (exact) mass is 444 g/mol. The van der Waals surface area contributed by atoms with Crippen molar-refractivity contribution in [3.05, 3.63) is 59.1 Å². The third kappa shape index (κ3) is 9.03. The minimum Gasteiger partial charge on any atom is -0.493 e. The number of amides is 1. The highest BCUT2D eigenvalue weighted by Gasteiger charge is 2.08. The van der Waals surface area contributed by atoms with E-state index in [0.717, 1.165) is 44.5 Å². The van der Waals surface area contributed by atoms with Crippen LogP contribution in [0.25, 0.3) is 6.08 Å². The van der Waals surface area contributed by atoms with E-state index in [1.807, 2.05) is 12.1 Å². The van der Waals surface area contributed by atoms with E-state index in [2.05, 4.69) is 24.1 Å². The molecule has 0 spiro atoms. The van der Waals surface area contributed by atoms with Crippen LogP contribution in [0, 0.1) is 0 Å². The summed E-state index contributed by atoms with van der Waals surface area (Å²) in [5, 5.41) is 3.52. The average molecular weight is 445 g/mol. The topological polar surface area (TPSA) is 50.8 Å². The molecule has 0 aromatic heterocycles. The molecule has 6 heteroatoms. The average Bonchev–Trinajstić information content (AvgIpc) is 2.77. The minimum absolute atomic E-state index is 0.221. The highest BCUT2D eigenvalue weighted by molar-refractivity contribution is 6.30. The van der Waals surface area contributed by atoms with Crippen molar-refractivity contribution in [2.45, 2.75) is 33.1 Å². The molecule has 0 atom stereocenters. The van der Waals surface area contributed by atoms with Gasteiger partial charge in [-0.25, -0.2) is 0 Å². The first-order valence-corrected chi connectivity index (χ1v) is 11.2. The van der Waals surface area contributed by atoms with Gasteiger partial charge in [-0.2, -0.15) is 0 Å². The number of ether oxygens (including phenoxy) is 2. The third-order valence-electron chi connectivity index (χ3n) is 4.68. The van der Waals surface area contributed by atoms with Gasteiger partial charge in [-0.3, -0.25) is 4.79 Å². The van der Waals surface area contributed by atoms with Crippen LogP contribution in [-0.4, -0.2) is 44.2 Å². The van der Waals surface area contributed by atoms with Crippen LogP contribution in [0.15, 0.2) is 48.5 Å². The van der Waals surface area contributed by atoms with E-state index in [9.17, 15) is 4.79 Å². The zero-order valence-corrected chi connectivity index (χ0v) is 19.5. The molecule has 0 bridgehead atoms. The van der Waals surface area contributed by atoms with Crippen LogP contribution >= 0.6 is 11.6 Å². The predicted molar refractivity (Wildman–Crippen MR) is 129 cm³/mol. The van der Waals surface area contributed by atoms with Gasteiger partial charge in [0.1, 0.15) is 0 Å². The lowest BCUT2D eigenvalue weighted by Gasteiger charge is -2.21. The van der Waals surface area contributed by atoms with Gasteiger partial charge in [-0.15, -0.1) is 0 Å². The van der Waals surface area contributed by atoms with Gasteiger partial charge in [0.05, 0.1) is 13.7 Å². The second-order valence-electron chi connectivity index (χ2n) is 7.28. The number of hydrogen-bond donors (Lipinski definition) is 1. The van der Waals surface area contributed by atoms with Gasteiger partial charge in [0, 0.05) is 29.4 Å². The summed E-state index contributed by atoms with van der Waals surface area (Å²) in [6.45, 7) is 8.23. The van der Waals surface area contributed by atoms with Crippen LogP contribution in [0.2, 0.25) is 5.02 Å². The van der Waals surface area contributed by atoms with Gasteiger partial charge in [0.2, 0.25) is 5.91 Å². The van der Waals surface area contributed by atoms with Crippen LogP contribution in [-0.2, 0) is 4.79 Å². The zero-order valence-electron chi connectivity index (χ0n) is 18.7. The van der Waals surface area contributed by atoms with Crippen molar-refractivity contribution in [2.75, 3.05) is 38.7 Å². The van der Waals surface area contributed by atoms with Crippen molar-refractivity contribution in [3.63, 3.8) is 0 Å². The molecule has 0 fully saturated rings. The number of anilines is 1. The van der Waals surface area contributed by atoms with E-state index in [4.69, 9.17) is 21.1 Å². The summed E-state index contributed by atoms with van der Waals surface area (Å²) >= 11 is 5.88. The van der Waals surface area contributed by atoms with E-state index < -0.39 is 0 Å². The second kappa shape index (κ2) is 13.7. The van der Waals surface area contributed by atoms with E-state index >= 15 is 0 Å². The molecule has 31 heavy (non-hydrogen) atoms. The minimum atomic E-state index is -0.221. The fourth-order valence-electron chi connectivity index (χ4n) is 3.24. The molecule has 1 N–H and O–H groups in total. The molecule has 0 aliphatic rings. The van der Waals surface area contributed by atoms with Gasteiger partial charge in [-0.05, 0) is 68.3 Å². The lowest BCUT2D eigenvalue weighted by atomic mass is 10.2. The quantitative estimate of drug-likeness (QED) is 0.309. The summed E-state index contributed by atoms with van der Waals surface area (Å²) in [5.74, 6) is 1.05. The molecular weight excluding hydrogens is 412 g/mol. The van der Waals surface area contributed by atoms with Gasteiger partial charge < -0.3 is 19.7 Å². The van der Waals surface area contributed by atoms with Crippen molar-refractivity contribution in [2.24, 2.45) is 0 Å². The number of nitrogens with zero attached hydrogens (tertiary/aromatic N) is 1. The van der Waals surface area contributed by atoms with E-state index in [0.29, 0.717) is 28.8 Å². The summed E-state index contributed by atoms with van der Waals surface area (Å²) in [7, 11) is 1.61. The summed E-state index contributed by atoms with van der Waals surface area (Å²) in [5.41, 5.74) is 1.55. The fourth-order valence-corrected chi connectivity index (χ4v) is 3.36. The summed E-state index contributed by atoms with van der Waals surface area (Å²) < 4.78 is 11.4. The summed E-state index contributed by atoms with van der Waals surface area (Å²) in [6, 6.07) is 12.7. The van der Waals surface area contributed by atoms with Crippen LogP contribution in [0.3, 0.4) is 0 Å². The van der Waals surface area contributed by atoms with Crippen LogP contribution in [0.4, 0.5) is 5.69 Å². The van der Waals surface area contributed by atoms with Crippen LogP contribution in [0.1, 0.15) is 38.7 Å². The summed E-state index contributed by atoms with van der Waals surface area (Å²) in [4.78, 5) is 14.7. The first-order chi connectivity index (χ1) is 15.0. The molecule has 2 aromatic rings. The Morgan fingerprint density at radius 1 is 1.03 bits per heavy atom. The van der Waals surface area contributed by atoms with E-state index in [1.54, 1.807) is 43.5 Å². The second-order valence-corrected chi connectivity index (χ2v) is 7.72. The Bertz CT molecular complexity index is 831. The number of benzene rings is 2. The largest absolute Gasteiger partial charge is 0.493 e. The van der Waals surface area contributed by atoms with Gasteiger partial charge in [0.15, 0.2) is 11.5 Å². The predicted octanol–water partition coefficient (Wildman–Crippen LogP) is 5.89. The number of methoxy groups -OCH3 is 1. The Balaban J connectivity index is 1.91. The molecule has 168 valence electrons. The number of rotatable bonds is 13. The van der Waals surface area contributed by atoms with Crippen molar-refractivity contribution in [1.29, 1.82) is 0 Å². The molecule has 0 heterocycles. The lowest BCUT2D eigenvalue weighted by molar-refractivity contribution is -0.111. The smallest absolute Gasteiger partial charge is 0.248 e. The fraction of sp³-hybridized carbons (Fsp3) is 0.400. The molecule has 5 nitrogen and oxygen atoms in total. The molecule has 0 aliphatic carbocycles. The van der Waals surface area contributed by atoms with Crippen molar-refractivity contribution >= 4 is 29.3 Å². The first-order valence-electron chi connectivity index (χ1n) is 10.8. The number of halogens is 1. The maximum atomic E-state index is 12.3. The maximum Gasteiger partial charge on any atom is 0.248 e. The number of carbonyl (C=O) groups excluding carboxylic acids is 1. The van der Waals surface area contributed by atoms with Crippen molar-refractivity contribution in [3.8, 4) is 11.5 Å². The number of nitrogens with one attached hydrogen (secondary N) is 1. The van der Waals surface area contributed by atoms with Gasteiger partial charge in [0.25, 0.3) is 0 Å². The van der Waals surface area contributed by atoms with Crippen molar-refractivity contribution < 1.29 is 14.3 Å². The Kier molecular flexibility index (Phi) is 11.0. The molecule has 1 amide bonds. The van der Waals surface area contributed by atoms with Gasteiger partial charge >= 0.3 is 0 Å². The Morgan fingerprint density at radius 2 is 1.74 bits per heavy atom. The first kappa shape index (κ1) is 24.8. The molecular formula is C25H33ClN2O3. The number of hydrogen-bond acceptors (Lipinski definition) is 4. The highest BCUT2D eigenvalue weighted by Crippen LogP contribution is 2.30. The van der Waals surface area contributed by atoms with Crippen LogP contribution < -0.4 is 14.8 Å². The molecule has 0 unspecified atom stereocenters. The van der Waals surface area contributed by atoms with Gasteiger partial charge in [-0.1, -0.05) is 37.6 Å². The molecule has 2 aromatic carbocycles. The molecule has 0 radical (unpaired) electrons. The highest BCUT2D eigenvalue weighted by atomic mass is 35.5. The maximum absolute atomic E-state index is 12.3. The molecule has 0 saturated carbocycles. The van der Waals surface area contributed by atoms with E-state index in [1.165, 1.54) is 6.08 Å². The third-order valence-corrected chi connectivity index (χ3v) is 4.94. The Morgan fingerprint density at radius 3 is 2.39 bits per heavy atom. The molecule has 2 rings (SSSR count). The zero-order chi connectivity index (χ0) is 22.5. The Hall–Kier alpha value is -2.50. The standard InChI is InChI=1S/C25H33ClN2O3/c1-4-15-28(16-5-2)17-6-18-31-24-19-22(12-13-23(24)30-3)27-25(29)14-9-20-7-10-21(26)11-8-20/h7-14,19H,4-6,15-18H2,1-3H3,(H,27,29). The molecule has 0 aliphatic heterocycles. The van der Waals surface area contributed by atoms with Crippen molar-refractivity contribution in [1.82, 2.24) is 4.90 Å². The SMILES string of the molecule is CCCN(CCC)CCCOc1cc(NC(=O)C=Cc2ccc(Cl)cc2)ccc1OC. The lowest BCUT2D eigenvalue weighted by Crippen LogP contribution is -2.27. The number of carbonyl (C=O) groups is 1. The Labute approximate surface area is 191 Å². The summed E-state index contributed by atoms with van der Waals surface area (Å²) in [6.07, 6.45) is 6.48. The van der Waals surface area contributed by atoms with Crippen LogP contribution in [0.5, 0.6) is 11.5 Å².